The van der Waals surface area contributed by atoms with Crippen LogP contribution in [-0.4, -0.2) is 44.9 Å². The van der Waals surface area contributed by atoms with E-state index in [9.17, 15) is 13.2 Å². The first-order chi connectivity index (χ1) is 19.6. The Morgan fingerprint density at radius 2 is 1.80 bits per heavy atom. The summed E-state index contributed by atoms with van der Waals surface area (Å²) >= 11 is 0. The predicted molar refractivity (Wildman–Crippen MR) is 153 cm³/mol. The lowest BCUT2D eigenvalue weighted by atomic mass is 10.0. The van der Waals surface area contributed by atoms with E-state index >= 15 is 0 Å². The topological polar surface area (TPSA) is 117 Å². The van der Waals surface area contributed by atoms with Gasteiger partial charge in [0, 0.05) is 26.0 Å². The molecule has 0 aromatic heterocycles. The molecular formula is C31H36N2O7S. The van der Waals surface area contributed by atoms with Gasteiger partial charge in [0.2, 0.25) is 15.8 Å². The standard InChI is InChI=1S/C31H36N2O7S/c1-31(2)38-21-25-19-24(11-14-28(25)40-31)29-20-33(30(34)39-29)16-15-22-9-12-26(13-10-22)37-17-4-3-6-23-7-5-8-27(18-23)41(32,35)36/h5,7-14,18-19,29H,3-4,6,15-17,20-21H2,1-2H3,(H2,32,35,36)/t29-/m0/s1. The van der Waals surface area contributed by atoms with Crippen molar-refractivity contribution >= 4 is 16.1 Å². The fourth-order valence-corrected chi connectivity index (χ4v) is 5.52. The molecule has 2 aliphatic rings. The average Bonchev–Trinajstić information content (AvgIpc) is 3.31. The quantitative estimate of drug-likeness (QED) is 0.313. The number of carbonyl (C=O) groups is 1. The maximum atomic E-state index is 12.5. The number of hydrogen-bond acceptors (Lipinski definition) is 7. The van der Waals surface area contributed by atoms with Crippen LogP contribution in [0.1, 0.15) is 55.0 Å². The number of ether oxygens (including phenoxy) is 4. The third-order valence-electron chi connectivity index (χ3n) is 7.22. The predicted octanol–water partition coefficient (Wildman–Crippen LogP) is 5.12. The Hall–Kier alpha value is -3.60. The molecule has 10 heteroatoms. The average molecular weight is 581 g/mol. The summed E-state index contributed by atoms with van der Waals surface area (Å²) < 4.78 is 46.2. The van der Waals surface area contributed by atoms with E-state index in [4.69, 9.17) is 24.1 Å². The fourth-order valence-electron chi connectivity index (χ4n) is 4.94. The molecule has 0 saturated carbocycles. The summed E-state index contributed by atoms with van der Waals surface area (Å²) in [6, 6.07) is 20.5. The van der Waals surface area contributed by atoms with Crippen molar-refractivity contribution in [2.75, 3.05) is 19.7 Å². The number of fused-ring (bicyclic) bond motifs is 1. The van der Waals surface area contributed by atoms with Gasteiger partial charge in [0.15, 0.2) is 0 Å². The number of carbonyl (C=O) groups excluding carboxylic acids is 1. The van der Waals surface area contributed by atoms with Gasteiger partial charge in [-0.2, -0.15) is 0 Å². The lowest BCUT2D eigenvalue weighted by molar-refractivity contribution is -0.180. The van der Waals surface area contributed by atoms with Gasteiger partial charge < -0.3 is 23.8 Å². The number of amides is 1. The zero-order valence-corrected chi connectivity index (χ0v) is 24.2. The number of rotatable bonds is 11. The highest BCUT2D eigenvalue weighted by atomic mass is 32.2. The third kappa shape index (κ3) is 7.58. The summed E-state index contributed by atoms with van der Waals surface area (Å²) in [6.45, 7) is 5.85. The van der Waals surface area contributed by atoms with Crippen LogP contribution in [0.5, 0.6) is 11.5 Å². The number of hydrogen-bond donors (Lipinski definition) is 1. The number of primary sulfonamides is 1. The number of benzene rings is 3. The van der Waals surface area contributed by atoms with Gasteiger partial charge in [0.1, 0.15) is 17.6 Å². The number of nitrogens with zero attached hydrogens (tertiary/aromatic N) is 1. The van der Waals surface area contributed by atoms with Crippen LogP contribution in [0.3, 0.4) is 0 Å². The van der Waals surface area contributed by atoms with Crippen molar-refractivity contribution in [3.8, 4) is 11.5 Å². The molecule has 5 rings (SSSR count). The minimum Gasteiger partial charge on any atom is -0.494 e. The number of aryl methyl sites for hydroxylation is 1. The summed E-state index contributed by atoms with van der Waals surface area (Å²) in [6.07, 6.45) is 2.53. The SMILES string of the molecule is CC1(C)OCc2cc([C@@H]3CN(CCc4ccc(OCCCCc5cccc(S(N)(=O)=O)c5)cc4)C(=O)O3)ccc2O1. The van der Waals surface area contributed by atoms with E-state index < -0.39 is 15.8 Å². The van der Waals surface area contributed by atoms with Crippen molar-refractivity contribution in [3.63, 3.8) is 0 Å². The molecule has 1 fully saturated rings. The highest BCUT2D eigenvalue weighted by Crippen LogP contribution is 2.35. The Balaban J connectivity index is 1.04. The molecule has 3 aromatic rings. The Morgan fingerprint density at radius 1 is 1.00 bits per heavy atom. The van der Waals surface area contributed by atoms with E-state index in [1.807, 2.05) is 62.4 Å². The minimum absolute atomic E-state index is 0.137. The maximum Gasteiger partial charge on any atom is 0.410 e. The second-order valence-corrected chi connectivity index (χ2v) is 12.4. The van der Waals surface area contributed by atoms with E-state index in [0.29, 0.717) is 32.7 Å². The molecule has 0 aliphatic carbocycles. The minimum atomic E-state index is -3.69. The third-order valence-corrected chi connectivity index (χ3v) is 8.14. The summed E-state index contributed by atoms with van der Waals surface area (Å²) in [5.41, 5.74) is 3.93. The van der Waals surface area contributed by atoms with Gasteiger partial charge in [-0.1, -0.05) is 30.3 Å². The molecule has 2 N–H and O–H groups in total. The number of cyclic esters (lactones) is 1. The first-order valence-electron chi connectivity index (χ1n) is 13.8. The van der Waals surface area contributed by atoms with Crippen LogP contribution < -0.4 is 14.6 Å². The van der Waals surface area contributed by atoms with Gasteiger partial charge in [-0.05, 0) is 78.8 Å². The van der Waals surface area contributed by atoms with Crippen LogP contribution >= 0.6 is 0 Å². The Morgan fingerprint density at radius 3 is 2.59 bits per heavy atom. The lowest BCUT2D eigenvalue weighted by Gasteiger charge is -2.32. The lowest BCUT2D eigenvalue weighted by Crippen LogP contribution is -2.35. The largest absolute Gasteiger partial charge is 0.494 e. The summed E-state index contributed by atoms with van der Waals surface area (Å²) in [5, 5.41) is 5.21. The van der Waals surface area contributed by atoms with Crippen molar-refractivity contribution in [2.45, 2.75) is 62.9 Å². The molecule has 0 spiro atoms. The van der Waals surface area contributed by atoms with E-state index in [1.54, 1.807) is 17.0 Å². The molecule has 2 aliphatic heterocycles. The van der Waals surface area contributed by atoms with Gasteiger partial charge in [-0.25, -0.2) is 18.4 Å². The highest BCUT2D eigenvalue weighted by Gasteiger charge is 2.33. The Labute approximate surface area is 241 Å². The normalized spacial score (nSPS) is 18.0. The van der Waals surface area contributed by atoms with Gasteiger partial charge >= 0.3 is 6.09 Å². The van der Waals surface area contributed by atoms with Crippen LogP contribution in [0.2, 0.25) is 0 Å². The van der Waals surface area contributed by atoms with Crippen LogP contribution in [0.25, 0.3) is 0 Å². The molecule has 2 heterocycles. The maximum absolute atomic E-state index is 12.5. The highest BCUT2D eigenvalue weighted by molar-refractivity contribution is 7.89. The molecule has 3 aromatic carbocycles. The number of unbranched alkanes of at least 4 members (excludes halogenated alkanes) is 1. The summed E-state index contributed by atoms with van der Waals surface area (Å²) in [5.74, 6) is 0.936. The van der Waals surface area contributed by atoms with Gasteiger partial charge in [0.25, 0.3) is 0 Å². The van der Waals surface area contributed by atoms with E-state index in [0.717, 1.165) is 53.0 Å². The monoisotopic (exact) mass is 580 g/mol. The van der Waals surface area contributed by atoms with E-state index in [2.05, 4.69) is 0 Å². The van der Waals surface area contributed by atoms with Crippen LogP contribution in [0.4, 0.5) is 4.79 Å². The number of sulfonamides is 1. The van der Waals surface area contributed by atoms with Crippen LogP contribution in [0.15, 0.2) is 71.6 Å². The Kier molecular flexibility index (Phi) is 8.53. The zero-order chi connectivity index (χ0) is 29.0. The molecule has 41 heavy (non-hydrogen) atoms. The Bertz CT molecular complexity index is 1490. The van der Waals surface area contributed by atoms with Crippen LogP contribution in [-0.2, 0) is 38.9 Å². The molecule has 0 unspecified atom stereocenters. The van der Waals surface area contributed by atoms with Crippen molar-refractivity contribution in [2.24, 2.45) is 5.14 Å². The molecule has 1 atom stereocenters. The molecule has 0 bridgehead atoms. The van der Waals surface area contributed by atoms with Gasteiger partial charge in [-0.3, -0.25) is 0 Å². The van der Waals surface area contributed by atoms with Crippen molar-refractivity contribution in [1.82, 2.24) is 4.90 Å². The van der Waals surface area contributed by atoms with Gasteiger partial charge in [0.05, 0.1) is 24.7 Å². The fraction of sp³-hybridized carbons (Fsp3) is 0.387. The number of nitrogens with two attached hydrogens (primary N) is 1. The molecule has 9 nitrogen and oxygen atoms in total. The molecule has 218 valence electrons. The second kappa shape index (κ2) is 12.1. The van der Waals surface area contributed by atoms with Crippen LogP contribution in [0, 0.1) is 0 Å². The molecule has 0 radical (unpaired) electrons. The van der Waals surface area contributed by atoms with Gasteiger partial charge in [-0.15, -0.1) is 0 Å². The molecule has 1 saturated heterocycles. The van der Waals surface area contributed by atoms with E-state index in [-0.39, 0.29) is 17.1 Å². The van der Waals surface area contributed by atoms with E-state index in [1.165, 1.54) is 6.07 Å². The first-order valence-corrected chi connectivity index (χ1v) is 15.4. The van der Waals surface area contributed by atoms with Crippen molar-refractivity contribution in [1.29, 1.82) is 0 Å². The van der Waals surface area contributed by atoms with Crippen molar-refractivity contribution < 1.29 is 32.2 Å². The summed E-state index contributed by atoms with van der Waals surface area (Å²) in [4.78, 5) is 14.4. The second-order valence-electron chi connectivity index (χ2n) is 10.9. The molecular weight excluding hydrogens is 544 g/mol. The zero-order valence-electron chi connectivity index (χ0n) is 23.4. The molecule has 1 amide bonds. The smallest absolute Gasteiger partial charge is 0.410 e. The summed E-state index contributed by atoms with van der Waals surface area (Å²) in [7, 11) is -3.69. The van der Waals surface area contributed by atoms with Crippen molar-refractivity contribution in [3.05, 3.63) is 89.0 Å². The first kappa shape index (κ1) is 28.9.